The maximum Gasteiger partial charge on any atom is 0.242 e. The van der Waals surface area contributed by atoms with Crippen LogP contribution in [-0.2, 0) is 11.3 Å². The smallest absolute Gasteiger partial charge is 0.242 e. The summed E-state index contributed by atoms with van der Waals surface area (Å²) in [6, 6.07) is 5.43. The summed E-state index contributed by atoms with van der Waals surface area (Å²) in [4.78, 5) is 20.5. The second kappa shape index (κ2) is 6.12. The van der Waals surface area contributed by atoms with Crippen LogP contribution in [0.4, 0.5) is 0 Å². The van der Waals surface area contributed by atoms with Crippen molar-refractivity contribution in [2.75, 3.05) is 20.2 Å². The second-order valence-electron chi connectivity index (χ2n) is 5.10. The average Bonchev–Trinajstić information content (AvgIpc) is 2.52. The largest absolute Gasteiger partial charge is 0.394 e. The molecule has 1 amide bonds. The van der Waals surface area contributed by atoms with Crippen molar-refractivity contribution in [1.29, 1.82) is 0 Å². The van der Waals surface area contributed by atoms with Gasteiger partial charge in [0.05, 0.1) is 18.8 Å². The Labute approximate surface area is 113 Å². The van der Waals surface area contributed by atoms with E-state index in [1.54, 1.807) is 6.20 Å². The number of nitrogens with zero attached hydrogens (tertiary/aromatic N) is 3. The maximum absolute atomic E-state index is 12.5. The summed E-state index contributed by atoms with van der Waals surface area (Å²) in [7, 11) is 1.88. The van der Waals surface area contributed by atoms with Crippen LogP contribution in [0.2, 0.25) is 0 Å². The Morgan fingerprint density at radius 2 is 2.26 bits per heavy atom. The van der Waals surface area contributed by atoms with Gasteiger partial charge in [0.25, 0.3) is 0 Å². The molecule has 5 nitrogen and oxygen atoms in total. The summed E-state index contributed by atoms with van der Waals surface area (Å²) in [5.74, 6) is -0.0133. The van der Waals surface area contributed by atoms with Crippen molar-refractivity contribution in [3.8, 4) is 0 Å². The molecular weight excluding hydrogens is 242 g/mol. The zero-order chi connectivity index (χ0) is 13.8. The van der Waals surface area contributed by atoms with Crippen LogP contribution in [-0.4, -0.2) is 58.1 Å². The normalized spacial score (nSPS) is 25.4. The van der Waals surface area contributed by atoms with E-state index in [-0.39, 0.29) is 18.6 Å². The molecule has 1 fully saturated rings. The van der Waals surface area contributed by atoms with Crippen molar-refractivity contribution in [3.63, 3.8) is 0 Å². The van der Waals surface area contributed by atoms with E-state index >= 15 is 0 Å². The lowest BCUT2D eigenvalue weighted by Gasteiger charge is -2.29. The molecule has 0 aliphatic carbocycles. The van der Waals surface area contributed by atoms with Gasteiger partial charge in [-0.2, -0.15) is 0 Å². The molecule has 2 heterocycles. The third kappa shape index (κ3) is 3.11. The number of likely N-dealkylation sites (N-methyl/N-ethyl adjacent to an activating group) is 1. The van der Waals surface area contributed by atoms with Crippen LogP contribution < -0.4 is 0 Å². The van der Waals surface area contributed by atoms with Crippen LogP contribution in [0.3, 0.4) is 0 Å². The van der Waals surface area contributed by atoms with E-state index in [4.69, 9.17) is 0 Å². The zero-order valence-corrected chi connectivity index (χ0v) is 11.5. The molecule has 0 spiro atoms. The van der Waals surface area contributed by atoms with E-state index in [1.807, 2.05) is 35.0 Å². The highest BCUT2D eigenvalue weighted by Crippen LogP contribution is 2.17. The molecule has 2 unspecified atom stereocenters. The van der Waals surface area contributed by atoms with Gasteiger partial charge in [0.15, 0.2) is 0 Å². The standard InChI is InChI=1S/C14H21N3O2/c1-11-6-8-16(2)13(10-18)14(19)17(11)9-12-5-3-4-7-15-12/h3-5,7,11,13,18H,6,8-10H2,1-2H3. The topological polar surface area (TPSA) is 56.7 Å². The van der Waals surface area contributed by atoms with Crippen molar-refractivity contribution in [3.05, 3.63) is 30.1 Å². The molecule has 0 aromatic carbocycles. The van der Waals surface area contributed by atoms with Gasteiger partial charge in [-0.15, -0.1) is 0 Å². The minimum absolute atomic E-state index is 0.0133. The monoisotopic (exact) mass is 263 g/mol. The Morgan fingerprint density at radius 1 is 1.47 bits per heavy atom. The number of aliphatic hydroxyl groups excluding tert-OH is 1. The number of pyridine rings is 1. The van der Waals surface area contributed by atoms with Crippen molar-refractivity contribution < 1.29 is 9.90 Å². The van der Waals surface area contributed by atoms with Crippen molar-refractivity contribution in [2.24, 2.45) is 0 Å². The van der Waals surface area contributed by atoms with Gasteiger partial charge < -0.3 is 10.0 Å². The molecule has 19 heavy (non-hydrogen) atoms. The van der Waals surface area contributed by atoms with Gasteiger partial charge in [-0.1, -0.05) is 6.07 Å². The summed E-state index contributed by atoms with van der Waals surface area (Å²) in [6.07, 6.45) is 2.64. The van der Waals surface area contributed by atoms with E-state index in [9.17, 15) is 9.90 Å². The molecule has 1 aliphatic rings. The highest BCUT2D eigenvalue weighted by Gasteiger charge is 2.33. The predicted octanol–water partition coefficient (Wildman–Crippen LogP) is 0.495. The van der Waals surface area contributed by atoms with Crippen molar-refractivity contribution >= 4 is 5.91 Å². The third-order valence-electron chi connectivity index (χ3n) is 3.76. The summed E-state index contributed by atoms with van der Waals surface area (Å²) in [5.41, 5.74) is 0.879. The Bertz CT molecular complexity index is 424. The molecule has 0 bridgehead atoms. The van der Waals surface area contributed by atoms with Crippen LogP contribution in [0.15, 0.2) is 24.4 Å². The SMILES string of the molecule is CC1CCN(C)C(CO)C(=O)N1Cc1ccccn1. The number of aromatic nitrogens is 1. The number of carbonyl (C=O) groups is 1. The molecule has 1 saturated heterocycles. The van der Waals surface area contributed by atoms with E-state index in [2.05, 4.69) is 11.9 Å². The fourth-order valence-corrected chi connectivity index (χ4v) is 2.42. The predicted molar refractivity (Wildman–Crippen MR) is 72.4 cm³/mol. The number of amides is 1. The van der Waals surface area contributed by atoms with Gasteiger partial charge in [-0.3, -0.25) is 14.7 Å². The Hall–Kier alpha value is -1.46. The van der Waals surface area contributed by atoms with E-state index in [0.29, 0.717) is 6.54 Å². The fourth-order valence-electron chi connectivity index (χ4n) is 2.42. The lowest BCUT2D eigenvalue weighted by atomic mass is 10.2. The number of aliphatic hydroxyl groups is 1. The summed E-state index contributed by atoms with van der Waals surface area (Å²) in [6.45, 7) is 3.23. The van der Waals surface area contributed by atoms with Gasteiger partial charge in [0.2, 0.25) is 5.91 Å². The maximum atomic E-state index is 12.5. The van der Waals surface area contributed by atoms with Gasteiger partial charge >= 0.3 is 0 Å². The first-order valence-electron chi connectivity index (χ1n) is 6.65. The molecule has 5 heteroatoms. The lowest BCUT2D eigenvalue weighted by Crippen LogP contribution is -2.47. The molecular formula is C14H21N3O2. The second-order valence-corrected chi connectivity index (χ2v) is 5.10. The number of hydrogen-bond donors (Lipinski definition) is 1. The van der Waals surface area contributed by atoms with Gasteiger partial charge in [-0.25, -0.2) is 0 Å². The van der Waals surface area contributed by atoms with Gasteiger partial charge in [0.1, 0.15) is 6.04 Å². The van der Waals surface area contributed by atoms with Gasteiger partial charge in [-0.05, 0) is 32.5 Å². The Balaban J connectivity index is 2.18. The highest BCUT2D eigenvalue weighted by atomic mass is 16.3. The first-order chi connectivity index (χ1) is 9.13. The molecule has 0 radical (unpaired) electrons. The average molecular weight is 263 g/mol. The first kappa shape index (κ1) is 14.0. The summed E-state index contributed by atoms with van der Waals surface area (Å²) >= 11 is 0. The molecule has 1 aromatic rings. The Kier molecular flexibility index (Phi) is 4.50. The van der Waals surface area contributed by atoms with E-state index in [1.165, 1.54) is 0 Å². The zero-order valence-electron chi connectivity index (χ0n) is 11.5. The minimum atomic E-state index is -0.436. The van der Waals surface area contributed by atoms with Gasteiger partial charge in [0, 0.05) is 18.8 Å². The number of rotatable bonds is 3. The quantitative estimate of drug-likeness (QED) is 0.862. The molecule has 1 N–H and O–H groups in total. The molecule has 0 saturated carbocycles. The van der Waals surface area contributed by atoms with Crippen LogP contribution >= 0.6 is 0 Å². The first-order valence-corrected chi connectivity index (χ1v) is 6.65. The molecule has 1 aliphatic heterocycles. The number of hydrogen-bond acceptors (Lipinski definition) is 4. The minimum Gasteiger partial charge on any atom is -0.394 e. The van der Waals surface area contributed by atoms with Crippen LogP contribution in [0.5, 0.6) is 0 Å². The fraction of sp³-hybridized carbons (Fsp3) is 0.571. The molecule has 1 aromatic heterocycles. The molecule has 2 rings (SSSR count). The van der Waals surface area contributed by atoms with Crippen LogP contribution in [0.1, 0.15) is 19.0 Å². The highest BCUT2D eigenvalue weighted by molar-refractivity contribution is 5.82. The van der Waals surface area contributed by atoms with Crippen molar-refractivity contribution in [2.45, 2.75) is 32.0 Å². The lowest BCUT2D eigenvalue weighted by molar-refractivity contribution is -0.138. The summed E-state index contributed by atoms with van der Waals surface area (Å²) < 4.78 is 0. The van der Waals surface area contributed by atoms with E-state index in [0.717, 1.165) is 18.7 Å². The third-order valence-corrected chi connectivity index (χ3v) is 3.76. The Morgan fingerprint density at radius 3 is 2.89 bits per heavy atom. The summed E-state index contributed by atoms with van der Waals surface area (Å²) in [5, 5.41) is 9.42. The number of carbonyl (C=O) groups excluding carboxylic acids is 1. The van der Waals surface area contributed by atoms with Crippen LogP contribution in [0, 0.1) is 0 Å². The van der Waals surface area contributed by atoms with Crippen LogP contribution in [0.25, 0.3) is 0 Å². The van der Waals surface area contributed by atoms with Crippen molar-refractivity contribution in [1.82, 2.24) is 14.8 Å². The molecule has 104 valence electrons. The molecule has 2 atom stereocenters. The van der Waals surface area contributed by atoms with E-state index < -0.39 is 6.04 Å².